The summed E-state index contributed by atoms with van der Waals surface area (Å²) in [7, 11) is 0. The lowest BCUT2D eigenvalue weighted by Gasteiger charge is -2.19. The monoisotopic (exact) mass is 296 g/mol. The number of carbonyl (C=O) groups is 2. The summed E-state index contributed by atoms with van der Waals surface area (Å²) in [5.41, 5.74) is -0.238. The Morgan fingerprint density at radius 3 is 2.86 bits per heavy atom. The molecule has 6 nitrogen and oxygen atoms in total. The minimum atomic E-state index is -1.30. The molecule has 0 radical (unpaired) electrons. The Hall–Kier alpha value is -2.15. The maximum atomic E-state index is 13.1. The average molecular weight is 296 g/mol. The van der Waals surface area contributed by atoms with E-state index in [0.717, 1.165) is 18.6 Å². The number of anilines is 1. The molecule has 1 fully saturated rings. The number of hydrogen-bond acceptors (Lipinski definition) is 3. The maximum Gasteiger partial charge on any atom is 0.337 e. The molecule has 21 heavy (non-hydrogen) atoms. The predicted octanol–water partition coefficient (Wildman–Crippen LogP) is 2.07. The summed E-state index contributed by atoms with van der Waals surface area (Å²) in [5, 5.41) is 14.2. The third kappa shape index (κ3) is 3.91. The van der Waals surface area contributed by atoms with Gasteiger partial charge in [0.15, 0.2) is 0 Å². The number of urea groups is 1. The number of nitrogens with one attached hydrogen (secondary N) is 2. The molecule has 0 aromatic heterocycles. The van der Waals surface area contributed by atoms with Crippen LogP contribution in [0.3, 0.4) is 0 Å². The van der Waals surface area contributed by atoms with E-state index in [9.17, 15) is 14.0 Å². The van der Waals surface area contributed by atoms with Gasteiger partial charge in [0.05, 0.1) is 17.9 Å². The quantitative estimate of drug-likeness (QED) is 0.793. The van der Waals surface area contributed by atoms with Crippen molar-refractivity contribution in [1.82, 2.24) is 5.32 Å². The molecule has 0 spiro atoms. The van der Waals surface area contributed by atoms with Gasteiger partial charge < -0.3 is 20.5 Å². The van der Waals surface area contributed by atoms with Crippen LogP contribution in [0.4, 0.5) is 14.9 Å². The van der Waals surface area contributed by atoms with Crippen LogP contribution < -0.4 is 10.6 Å². The van der Waals surface area contributed by atoms with Gasteiger partial charge in [0.1, 0.15) is 5.82 Å². The molecular formula is C14H17FN2O4. The minimum absolute atomic E-state index is 0.0521. The molecule has 7 heteroatoms. The molecule has 1 aromatic carbocycles. The second-order valence-corrected chi connectivity index (χ2v) is 5.01. The van der Waals surface area contributed by atoms with Crippen LogP contribution in [0.1, 0.15) is 23.7 Å². The van der Waals surface area contributed by atoms with Crippen LogP contribution in [0.2, 0.25) is 0 Å². The lowest BCUT2D eigenvalue weighted by atomic mass is 10.0. The van der Waals surface area contributed by atoms with Gasteiger partial charge in [-0.3, -0.25) is 0 Å². The highest BCUT2D eigenvalue weighted by Crippen LogP contribution is 2.18. The summed E-state index contributed by atoms with van der Waals surface area (Å²) in [6.45, 7) is 3.14. The van der Waals surface area contributed by atoms with E-state index in [0.29, 0.717) is 13.2 Å². The zero-order valence-corrected chi connectivity index (χ0v) is 11.6. The lowest BCUT2D eigenvalue weighted by molar-refractivity contribution is 0.0697. The number of hydrogen-bond donors (Lipinski definition) is 3. The SMILES string of the molecule is CC(NC(=O)Nc1ccc(F)cc1C(=O)O)C1CCOC1. The molecular weight excluding hydrogens is 279 g/mol. The molecule has 1 aliphatic rings. The van der Waals surface area contributed by atoms with E-state index in [2.05, 4.69) is 10.6 Å². The number of ether oxygens (including phenoxy) is 1. The number of carbonyl (C=O) groups excluding carboxylic acids is 1. The van der Waals surface area contributed by atoms with Gasteiger partial charge >= 0.3 is 12.0 Å². The topological polar surface area (TPSA) is 87.7 Å². The van der Waals surface area contributed by atoms with E-state index in [1.54, 1.807) is 0 Å². The van der Waals surface area contributed by atoms with Crippen molar-refractivity contribution in [2.24, 2.45) is 5.92 Å². The molecule has 2 unspecified atom stereocenters. The molecule has 114 valence electrons. The Labute approximate surface area is 121 Å². The molecule has 2 atom stereocenters. The fourth-order valence-corrected chi connectivity index (χ4v) is 2.23. The van der Waals surface area contributed by atoms with E-state index < -0.39 is 17.8 Å². The van der Waals surface area contributed by atoms with Crippen LogP contribution in [-0.4, -0.2) is 36.4 Å². The number of carboxylic acids is 1. The summed E-state index contributed by atoms with van der Waals surface area (Å²) >= 11 is 0. The van der Waals surface area contributed by atoms with E-state index in [4.69, 9.17) is 9.84 Å². The number of carboxylic acid groups (broad SMARTS) is 1. The zero-order valence-electron chi connectivity index (χ0n) is 11.6. The third-order valence-electron chi connectivity index (χ3n) is 3.49. The largest absolute Gasteiger partial charge is 0.478 e. The van der Waals surface area contributed by atoms with Gasteiger partial charge in [0.2, 0.25) is 0 Å². The van der Waals surface area contributed by atoms with Crippen molar-refractivity contribution in [1.29, 1.82) is 0 Å². The number of rotatable bonds is 4. The van der Waals surface area contributed by atoms with Gasteiger partial charge in [-0.05, 0) is 31.5 Å². The molecule has 2 amide bonds. The van der Waals surface area contributed by atoms with Gasteiger partial charge in [0, 0.05) is 18.6 Å². The Morgan fingerprint density at radius 1 is 1.48 bits per heavy atom. The standard InChI is InChI=1S/C14H17FN2O4/c1-8(9-4-5-21-7-9)16-14(20)17-12-3-2-10(15)6-11(12)13(18)19/h2-3,6,8-9H,4-5,7H2,1H3,(H,18,19)(H2,16,17,20). The molecule has 1 heterocycles. The number of amides is 2. The van der Waals surface area contributed by atoms with Crippen molar-refractivity contribution < 1.29 is 23.8 Å². The first-order valence-electron chi connectivity index (χ1n) is 6.65. The second kappa shape index (κ2) is 6.53. The highest BCUT2D eigenvalue weighted by atomic mass is 19.1. The van der Waals surface area contributed by atoms with Crippen molar-refractivity contribution in [2.75, 3.05) is 18.5 Å². The minimum Gasteiger partial charge on any atom is -0.478 e. The first-order chi connectivity index (χ1) is 9.97. The molecule has 1 aliphatic heterocycles. The van der Waals surface area contributed by atoms with Crippen LogP contribution in [0, 0.1) is 11.7 Å². The fraction of sp³-hybridized carbons (Fsp3) is 0.429. The molecule has 0 aliphatic carbocycles. The molecule has 0 bridgehead atoms. The van der Waals surface area contributed by atoms with Crippen LogP contribution in [-0.2, 0) is 4.74 Å². The molecule has 3 N–H and O–H groups in total. The van der Waals surface area contributed by atoms with E-state index in [1.165, 1.54) is 6.07 Å². The smallest absolute Gasteiger partial charge is 0.337 e. The van der Waals surface area contributed by atoms with Crippen molar-refractivity contribution in [3.8, 4) is 0 Å². The summed E-state index contributed by atoms with van der Waals surface area (Å²) in [4.78, 5) is 22.9. The van der Waals surface area contributed by atoms with Crippen LogP contribution in [0.25, 0.3) is 0 Å². The Bertz CT molecular complexity index is 544. The molecule has 1 saturated heterocycles. The molecule has 0 saturated carbocycles. The molecule has 2 rings (SSSR count). The number of halogens is 1. The predicted molar refractivity (Wildman–Crippen MR) is 73.9 cm³/mol. The average Bonchev–Trinajstić information content (AvgIpc) is 2.94. The van der Waals surface area contributed by atoms with Crippen molar-refractivity contribution in [2.45, 2.75) is 19.4 Å². The van der Waals surface area contributed by atoms with Gasteiger partial charge in [-0.1, -0.05) is 0 Å². The summed E-state index contributed by atoms with van der Waals surface area (Å²) in [5.74, 6) is -1.74. The molecule has 1 aromatic rings. The van der Waals surface area contributed by atoms with E-state index in [1.807, 2.05) is 6.92 Å². The normalized spacial score (nSPS) is 19.0. The third-order valence-corrected chi connectivity index (χ3v) is 3.49. The van der Waals surface area contributed by atoms with Crippen LogP contribution in [0.15, 0.2) is 18.2 Å². The maximum absolute atomic E-state index is 13.1. The van der Waals surface area contributed by atoms with Gasteiger partial charge in [-0.2, -0.15) is 0 Å². The Kier molecular flexibility index (Phi) is 4.74. The number of aromatic carboxylic acids is 1. The van der Waals surface area contributed by atoms with Gasteiger partial charge in [-0.15, -0.1) is 0 Å². The summed E-state index contributed by atoms with van der Waals surface area (Å²) < 4.78 is 18.3. The number of benzene rings is 1. The van der Waals surface area contributed by atoms with Crippen molar-refractivity contribution in [3.63, 3.8) is 0 Å². The first-order valence-corrected chi connectivity index (χ1v) is 6.65. The first kappa shape index (κ1) is 15.2. The summed E-state index contributed by atoms with van der Waals surface area (Å²) in [6, 6.07) is 2.56. The highest BCUT2D eigenvalue weighted by molar-refractivity contribution is 6.00. The Morgan fingerprint density at radius 2 is 2.24 bits per heavy atom. The fourth-order valence-electron chi connectivity index (χ4n) is 2.23. The van der Waals surface area contributed by atoms with E-state index >= 15 is 0 Å². The van der Waals surface area contributed by atoms with Crippen molar-refractivity contribution in [3.05, 3.63) is 29.6 Å². The second-order valence-electron chi connectivity index (χ2n) is 5.01. The highest BCUT2D eigenvalue weighted by Gasteiger charge is 2.24. The zero-order chi connectivity index (χ0) is 15.4. The van der Waals surface area contributed by atoms with Crippen molar-refractivity contribution >= 4 is 17.7 Å². The Balaban J connectivity index is 2.00. The lowest BCUT2D eigenvalue weighted by Crippen LogP contribution is -2.41. The summed E-state index contributed by atoms with van der Waals surface area (Å²) in [6.07, 6.45) is 0.873. The van der Waals surface area contributed by atoms with Gasteiger partial charge in [-0.25, -0.2) is 14.0 Å². The van der Waals surface area contributed by atoms with Gasteiger partial charge in [0.25, 0.3) is 0 Å². The van der Waals surface area contributed by atoms with Crippen LogP contribution >= 0.6 is 0 Å². The van der Waals surface area contributed by atoms with Crippen LogP contribution in [0.5, 0.6) is 0 Å². The van der Waals surface area contributed by atoms with E-state index in [-0.39, 0.29) is 23.2 Å².